The van der Waals surface area contributed by atoms with E-state index in [1.54, 1.807) is 6.92 Å². The molecular formula is C23H14Cl2F4N4O3. The molecule has 0 fully saturated rings. The average Bonchev–Trinajstić information content (AvgIpc) is 2.80. The monoisotopic (exact) mass is 540 g/mol. The molecule has 0 unspecified atom stereocenters. The average molecular weight is 541 g/mol. The summed E-state index contributed by atoms with van der Waals surface area (Å²) in [5, 5.41) is 2.35. The molecule has 0 radical (unpaired) electrons. The van der Waals surface area contributed by atoms with Crippen LogP contribution >= 0.6 is 23.2 Å². The lowest BCUT2D eigenvalue weighted by Gasteiger charge is -2.15. The van der Waals surface area contributed by atoms with Crippen molar-refractivity contribution < 1.29 is 27.1 Å². The van der Waals surface area contributed by atoms with Gasteiger partial charge in [-0.2, -0.15) is 0 Å². The fourth-order valence-electron chi connectivity index (χ4n) is 3.34. The molecule has 0 spiro atoms. The maximum atomic E-state index is 14.4. The van der Waals surface area contributed by atoms with Crippen LogP contribution in [0.3, 0.4) is 0 Å². The molecule has 0 aliphatic rings. The van der Waals surface area contributed by atoms with Crippen LogP contribution in [0.25, 0.3) is 10.9 Å². The van der Waals surface area contributed by atoms with Crippen molar-refractivity contribution in [1.29, 1.82) is 0 Å². The van der Waals surface area contributed by atoms with Gasteiger partial charge in [-0.3, -0.25) is 14.2 Å². The maximum Gasteiger partial charge on any atom is 0.573 e. The van der Waals surface area contributed by atoms with Crippen molar-refractivity contribution >= 4 is 45.7 Å². The smallest absolute Gasteiger partial charge is 0.405 e. The lowest BCUT2D eigenvalue weighted by molar-refractivity contribution is -0.274. The Bertz CT molecular complexity index is 1530. The SMILES string of the molecule is Cc1c(Cl)cc(C(=O)Nc2ccc(F)c3ncn(Cc4ccccc4OC(F)(F)F)c(=O)c23)nc1Cl. The van der Waals surface area contributed by atoms with E-state index in [0.29, 0.717) is 5.56 Å². The number of aromatic nitrogens is 3. The van der Waals surface area contributed by atoms with Gasteiger partial charge in [0, 0.05) is 16.1 Å². The molecule has 0 atom stereocenters. The standard InChI is InChI=1S/C23H14Cl2F4N4O3/c1-11-13(24)8-16(31-20(11)25)21(34)32-15-7-6-14(26)19-18(15)22(35)33(10-30-19)9-12-4-2-3-5-17(12)36-23(27,28)29/h2-8,10H,9H2,1H3,(H,32,34). The summed E-state index contributed by atoms with van der Waals surface area (Å²) >= 11 is 12.0. The third-order valence-electron chi connectivity index (χ3n) is 5.10. The maximum absolute atomic E-state index is 14.4. The second kappa shape index (κ2) is 9.75. The molecule has 0 aliphatic heterocycles. The van der Waals surface area contributed by atoms with E-state index < -0.39 is 29.4 Å². The van der Waals surface area contributed by atoms with E-state index in [1.807, 2.05) is 0 Å². The Balaban J connectivity index is 1.75. The quantitative estimate of drug-likeness (QED) is 0.257. The van der Waals surface area contributed by atoms with Crippen LogP contribution in [0.4, 0.5) is 23.2 Å². The summed E-state index contributed by atoms with van der Waals surface area (Å²) in [6.45, 7) is 1.24. The number of carbonyl (C=O) groups excluding carboxylic acids is 1. The van der Waals surface area contributed by atoms with Crippen LogP contribution in [0, 0.1) is 12.7 Å². The molecule has 2 aromatic heterocycles. The number of pyridine rings is 1. The number of nitrogens with zero attached hydrogens (tertiary/aromatic N) is 3. The third-order valence-corrected chi connectivity index (χ3v) is 5.86. The molecule has 13 heteroatoms. The van der Waals surface area contributed by atoms with Gasteiger partial charge in [-0.15, -0.1) is 13.2 Å². The zero-order chi connectivity index (χ0) is 26.2. The summed E-state index contributed by atoms with van der Waals surface area (Å²) in [5.41, 5.74) is -0.934. The highest BCUT2D eigenvalue weighted by molar-refractivity contribution is 6.35. The van der Waals surface area contributed by atoms with Crippen molar-refractivity contribution in [3.05, 3.63) is 92.0 Å². The van der Waals surface area contributed by atoms with Gasteiger partial charge in [0.2, 0.25) is 0 Å². The van der Waals surface area contributed by atoms with Crippen molar-refractivity contribution in [3.8, 4) is 5.75 Å². The highest BCUT2D eigenvalue weighted by Gasteiger charge is 2.32. The van der Waals surface area contributed by atoms with Gasteiger partial charge >= 0.3 is 6.36 Å². The molecule has 2 aromatic carbocycles. The Morgan fingerprint density at radius 1 is 1.17 bits per heavy atom. The van der Waals surface area contributed by atoms with Crippen molar-refractivity contribution in [1.82, 2.24) is 14.5 Å². The van der Waals surface area contributed by atoms with Crippen LogP contribution in [0.2, 0.25) is 10.2 Å². The third kappa shape index (κ3) is 5.26. The number of alkyl halides is 3. The van der Waals surface area contributed by atoms with Gasteiger partial charge in [-0.1, -0.05) is 41.4 Å². The summed E-state index contributed by atoms with van der Waals surface area (Å²) < 4.78 is 57.8. The molecule has 0 saturated heterocycles. The summed E-state index contributed by atoms with van der Waals surface area (Å²) in [5.74, 6) is -2.14. The van der Waals surface area contributed by atoms with E-state index in [-0.39, 0.29) is 44.6 Å². The van der Waals surface area contributed by atoms with Gasteiger partial charge in [0.1, 0.15) is 27.9 Å². The largest absolute Gasteiger partial charge is 0.573 e. The van der Waals surface area contributed by atoms with Crippen LogP contribution in [0.15, 0.2) is 53.6 Å². The van der Waals surface area contributed by atoms with Gasteiger partial charge in [-0.05, 0) is 31.2 Å². The normalized spacial score (nSPS) is 11.5. The predicted molar refractivity (Wildman–Crippen MR) is 125 cm³/mol. The molecule has 4 aromatic rings. The number of halogens is 6. The number of hydrogen-bond acceptors (Lipinski definition) is 5. The van der Waals surface area contributed by atoms with E-state index in [9.17, 15) is 27.2 Å². The summed E-state index contributed by atoms with van der Waals surface area (Å²) in [6.07, 6.45) is -3.95. The predicted octanol–water partition coefficient (Wildman–Crippen LogP) is 5.75. The Morgan fingerprint density at radius 2 is 1.89 bits per heavy atom. The summed E-state index contributed by atoms with van der Waals surface area (Å²) in [6, 6.07) is 8.67. The molecule has 2 heterocycles. The molecule has 4 rings (SSSR count). The molecule has 0 aliphatic carbocycles. The highest BCUT2D eigenvalue weighted by atomic mass is 35.5. The first-order valence-electron chi connectivity index (χ1n) is 10.1. The van der Waals surface area contributed by atoms with Crippen LogP contribution in [-0.4, -0.2) is 26.8 Å². The van der Waals surface area contributed by atoms with E-state index in [4.69, 9.17) is 23.2 Å². The van der Waals surface area contributed by atoms with Crippen molar-refractivity contribution in [2.75, 3.05) is 5.32 Å². The Hall–Kier alpha value is -3.70. The zero-order valence-electron chi connectivity index (χ0n) is 18.2. The van der Waals surface area contributed by atoms with Gasteiger partial charge in [0.15, 0.2) is 0 Å². The van der Waals surface area contributed by atoms with Gasteiger partial charge < -0.3 is 10.1 Å². The van der Waals surface area contributed by atoms with Crippen LogP contribution < -0.4 is 15.6 Å². The van der Waals surface area contributed by atoms with E-state index in [2.05, 4.69) is 20.0 Å². The highest BCUT2D eigenvalue weighted by Crippen LogP contribution is 2.28. The fourth-order valence-corrected chi connectivity index (χ4v) is 3.78. The number of carbonyl (C=O) groups is 1. The van der Waals surface area contributed by atoms with Crippen LogP contribution in [0.1, 0.15) is 21.6 Å². The number of amides is 1. The number of para-hydroxylation sites is 1. The lowest BCUT2D eigenvalue weighted by Crippen LogP contribution is -2.24. The number of anilines is 1. The molecule has 0 saturated carbocycles. The molecular weight excluding hydrogens is 527 g/mol. The van der Waals surface area contributed by atoms with Crippen LogP contribution in [0.5, 0.6) is 5.75 Å². The first-order valence-corrected chi connectivity index (χ1v) is 10.9. The number of benzene rings is 2. The number of fused-ring (bicyclic) bond motifs is 1. The Morgan fingerprint density at radius 3 is 2.58 bits per heavy atom. The molecule has 0 bridgehead atoms. The van der Waals surface area contributed by atoms with E-state index in [1.165, 1.54) is 24.3 Å². The van der Waals surface area contributed by atoms with E-state index >= 15 is 0 Å². The molecule has 7 nitrogen and oxygen atoms in total. The van der Waals surface area contributed by atoms with Crippen molar-refractivity contribution in [2.24, 2.45) is 0 Å². The Kier molecular flexibility index (Phi) is 6.87. The summed E-state index contributed by atoms with van der Waals surface area (Å²) in [7, 11) is 0. The van der Waals surface area contributed by atoms with Crippen molar-refractivity contribution in [3.63, 3.8) is 0 Å². The zero-order valence-corrected chi connectivity index (χ0v) is 19.7. The van der Waals surface area contributed by atoms with E-state index in [0.717, 1.165) is 29.1 Å². The lowest BCUT2D eigenvalue weighted by atomic mass is 10.1. The van der Waals surface area contributed by atoms with Gasteiger partial charge in [0.05, 0.1) is 23.9 Å². The number of nitrogens with one attached hydrogen (secondary N) is 1. The minimum atomic E-state index is -4.95. The topological polar surface area (TPSA) is 86.1 Å². The number of hydrogen-bond donors (Lipinski definition) is 1. The van der Waals surface area contributed by atoms with Crippen LogP contribution in [-0.2, 0) is 6.54 Å². The minimum absolute atomic E-state index is 0.000350. The first-order chi connectivity index (χ1) is 16.9. The molecule has 186 valence electrons. The second-order valence-corrected chi connectivity index (χ2v) is 8.28. The van der Waals surface area contributed by atoms with Crippen molar-refractivity contribution in [2.45, 2.75) is 19.8 Å². The second-order valence-electron chi connectivity index (χ2n) is 7.51. The molecule has 1 amide bonds. The summed E-state index contributed by atoms with van der Waals surface area (Å²) in [4.78, 5) is 33.9. The Labute approximate surface area is 210 Å². The van der Waals surface area contributed by atoms with Gasteiger partial charge in [0.25, 0.3) is 11.5 Å². The fraction of sp³-hybridized carbons (Fsp3) is 0.130. The van der Waals surface area contributed by atoms with Gasteiger partial charge in [-0.25, -0.2) is 14.4 Å². The number of ether oxygens (including phenoxy) is 1. The minimum Gasteiger partial charge on any atom is -0.405 e. The number of rotatable bonds is 5. The molecule has 36 heavy (non-hydrogen) atoms. The molecule has 1 N–H and O–H groups in total. The first kappa shape index (κ1) is 25.4.